The Morgan fingerprint density at radius 3 is 2.58 bits per heavy atom. The van der Waals surface area contributed by atoms with Gasteiger partial charge in [0.2, 0.25) is 11.8 Å². The fraction of sp³-hybridized carbons (Fsp3) is 0.438. The summed E-state index contributed by atoms with van der Waals surface area (Å²) in [4.78, 5) is 54.6. The van der Waals surface area contributed by atoms with E-state index in [-0.39, 0.29) is 43.4 Å². The Morgan fingerprint density at radius 2 is 1.86 bits per heavy atom. The number of hydrogen-bond acceptors (Lipinski definition) is 6. The summed E-state index contributed by atoms with van der Waals surface area (Å²) in [6, 6.07) is 10.8. The molecule has 2 aromatic heterocycles. The highest BCUT2D eigenvalue weighted by Crippen LogP contribution is 2.59. The van der Waals surface area contributed by atoms with Crippen LogP contribution in [0.15, 0.2) is 55.1 Å². The number of fused-ring (bicyclic) bond motifs is 3. The molecule has 0 radical (unpaired) electrons. The lowest BCUT2D eigenvalue weighted by atomic mass is 9.76. The topological polar surface area (TPSA) is 105 Å². The molecule has 3 aromatic rings. The summed E-state index contributed by atoms with van der Waals surface area (Å²) in [7, 11) is 0. The van der Waals surface area contributed by atoms with Crippen LogP contribution in [0.3, 0.4) is 0 Å². The summed E-state index contributed by atoms with van der Waals surface area (Å²) in [5, 5.41) is 2.82. The SMILES string of the molecule is C[C@@H]1[C@H](c2ccccc2)C[C@H](CC(=O)c2cnc3c(c2)C[C@@]2(C3)C(=O)Nc3ncncc32)C(=O)N1CC1(C(F)(F)F)CC1. The minimum Gasteiger partial charge on any atom is -0.338 e. The monoisotopic (exact) mass is 589 g/mol. The Labute approximate surface area is 246 Å². The number of rotatable bonds is 6. The highest BCUT2D eigenvalue weighted by atomic mass is 19.4. The molecule has 11 heteroatoms. The number of benzene rings is 1. The maximum Gasteiger partial charge on any atom is 0.396 e. The van der Waals surface area contributed by atoms with Crippen LogP contribution in [-0.4, -0.2) is 56.2 Å². The largest absolute Gasteiger partial charge is 0.396 e. The van der Waals surface area contributed by atoms with Crippen molar-refractivity contribution in [3.8, 4) is 0 Å². The number of nitrogens with zero attached hydrogens (tertiary/aromatic N) is 4. The minimum absolute atomic E-state index is 0.00348. The predicted molar refractivity (Wildman–Crippen MR) is 149 cm³/mol. The number of amides is 2. The van der Waals surface area contributed by atoms with Gasteiger partial charge < -0.3 is 10.2 Å². The van der Waals surface area contributed by atoms with Gasteiger partial charge in [0, 0.05) is 66.5 Å². The number of halogens is 3. The molecule has 2 fully saturated rings. The molecule has 2 aliphatic carbocycles. The first-order chi connectivity index (χ1) is 20.5. The van der Waals surface area contributed by atoms with Gasteiger partial charge in [-0.2, -0.15) is 13.2 Å². The van der Waals surface area contributed by atoms with Crippen LogP contribution in [-0.2, 0) is 27.8 Å². The lowest BCUT2D eigenvalue weighted by Crippen LogP contribution is -2.54. The smallest absolute Gasteiger partial charge is 0.338 e. The number of Topliss-reactive ketones (excluding diaryl/α,β-unsaturated/α-hetero) is 1. The molecule has 4 aliphatic rings. The number of carbonyl (C=O) groups excluding carboxylic acids is 3. The zero-order chi connectivity index (χ0) is 30.1. The third-order valence-electron chi connectivity index (χ3n) is 10.1. The zero-order valence-corrected chi connectivity index (χ0v) is 23.5. The molecule has 43 heavy (non-hydrogen) atoms. The summed E-state index contributed by atoms with van der Waals surface area (Å²) in [5.74, 6) is -1.38. The molecular weight excluding hydrogens is 559 g/mol. The highest BCUT2D eigenvalue weighted by molar-refractivity contribution is 6.06. The Morgan fingerprint density at radius 1 is 1.09 bits per heavy atom. The maximum absolute atomic E-state index is 13.9. The van der Waals surface area contributed by atoms with Gasteiger partial charge in [-0.05, 0) is 49.8 Å². The lowest BCUT2D eigenvalue weighted by molar-refractivity contribution is -0.196. The van der Waals surface area contributed by atoms with Crippen molar-refractivity contribution in [1.82, 2.24) is 19.9 Å². The van der Waals surface area contributed by atoms with E-state index in [4.69, 9.17) is 0 Å². The molecule has 7 rings (SSSR count). The fourth-order valence-electron chi connectivity index (χ4n) is 7.27. The van der Waals surface area contributed by atoms with E-state index in [1.54, 1.807) is 12.3 Å². The number of ketones is 1. The van der Waals surface area contributed by atoms with Crippen molar-refractivity contribution in [1.29, 1.82) is 0 Å². The number of nitrogens with one attached hydrogen (secondary N) is 1. The van der Waals surface area contributed by atoms with Gasteiger partial charge in [0.1, 0.15) is 12.1 Å². The van der Waals surface area contributed by atoms with Crippen LogP contribution in [0.1, 0.15) is 71.3 Å². The average Bonchev–Trinajstić information content (AvgIpc) is 3.62. The molecule has 4 heterocycles. The van der Waals surface area contributed by atoms with Crippen molar-refractivity contribution in [2.45, 2.75) is 69.0 Å². The summed E-state index contributed by atoms with van der Waals surface area (Å²) in [5.41, 5.74) is 0.678. The standard InChI is InChI=1S/C32H30F3N5O3/c1-18-23(19-5-3-2-4-6-19)10-20(28(42)40(18)16-30(7-8-30)32(33,34)35)11-26(41)22-9-21-12-31(13-25(21)37-14-22)24-15-36-17-38-27(24)39-29(31)43/h2-6,9,14-15,17-18,20,23H,7-8,10-13,16H2,1H3,(H,36,38,39,43)/t18-,20-,23-,31+/m1/s1. The van der Waals surface area contributed by atoms with Crippen LogP contribution >= 0.6 is 0 Å². The molecular formula is C32H30F3N5O3. The van der Waals surface area contributed by atoms with Crippen LogP contribution in [0.5, 0.6) is 0 Å². The second-order valence-corrected chi connectivity index (χ2v) is 12.6. The Kier molecular flexibility index (Phi) is 6.23. The third-order valence-corrected chi connectivity index (χ3v) is 10.1. The van der Waals surface area contributed by atoms with Crippen molar-refractivity contribution in [3.63, 3.8) is 0 Å². The number of aromatic nitrogens is 3. The molecule has 1 saturated heterocycles. The summed E-state index contributed by atoms with van der Waals surface area (Å²) < 4.78 is 41.8. The summed E-state index contributed by atoms with van der Waals surface area (Å²) >= 11 is 0. The van der Waals surface area contributed by atoms with Gasteiger partial charge in [-0.15, -0.1) is 0 Å². The zero-order valence-electron chi connectivity index (χ0n) is 23.5. The first-order valence-electron chi connectivity index (χ1n) is 14.6. The first kappa shape index (κ1) is 27.7. The number of anilines is 1. The van der Waals surface area contributed by atoms with E-state index in [1.165, 1.54) is 17.4 Å². The predicted octanol–water partition coefficient (Wildman–Crippen LogP) is 4.80. The number of pyridine rings is 1. The Hall–Kier alpha value is -4.15. The average molecular weight is 590 g/mol. The van der Waals surface area contributed by atoms with Gasteiger partial charge in [0.05, 0.1) is 10.8 Å². The molecule has 222 valence electrons. The number of carbonyl (C=O) groups is 3. The van der Waals surface area contributed by atoms with Crippen LogP contribution in [0.2, 0.25) is 0 Å². The molecule has 1 saturated carbocycles. The normalized spacial score (nSPS) is 27.2. The van der Waals surface area contributed by atoms with Gasteiger partial charge in [-0.3, -0.25) is 19.4 Å². The lowest BCUT2D eigenvalue weighted by Gasteiger charge is -2.44. The Bertz CT molecular complexity index is 1640. The van der Waals surface area contributed by atoms with E-state index in [1.807, 2.05) is 37.3 Å². The molecule has 1 N–H and O–H groups in total. The number of hydrogen-bond donors (Lipinski definition) is 1. The van der Waals surface area contributed by atoms with Crippen molar-refractivity contribution >= 4 is 23.4 Å². The van der Waals surface area contributed by atoms with Gasteiger partial charge >= 0.3 is 6.18 Å². The molecule has 1 aromatic carbocycles. The van der Waals surface area contributed by atoms with Crippen molar-refractivity contribution in [2.24, 2.45) is 11.3 Å². The second kappa shape index (κ2) is 9.68. The minimum atomic E-state index is -4.39. The van der Waals surface area contributed by atoms with E-state index in [0.29, 0.717) is 41.9 Å². The van der Waals surface area contributed by atoms with Gasteiger partial charge in [0.15, 0.2) is 5.78 Å². The summed E-state index contributed by atoms with van der Waals surface area (Å²) in [6.45, 7) is 1.42. The van der Waals surface area contributed by atoms with Crippen LogP contribution < -0.4 is 5.32 Å². The van der Waals surface area contributed by atoms with Crippen LogP contribution in [0.4, 0.5) is 19.0 Å². The van der Waals surface area contributed by atoms with Gasteiger partial charge in [-0.1, -0.05) is 30.3 Å². The molecule has 2 aliphatic heterocycles. The number of alkyl halides is 3. The number of likely N-dealkylation sites (tertiary alicyclic amines) is 1. The van der Waals surface area contributed by atoms with E-state index in [9.17, 15) is 27.6 Å². The second-order valence-electron chi connectivity index (χ2n) is 12.6. The van der Waals surface area contributed by atoms with Crippen molar-refractivity contribution < 1.29 is 27.6 Å². The quantitative estimate of drug-likeness (QED) is 0.415. The van der Waals surface area contributed by atoms with Gasteiger partial charge in [0.25, 0.3) is 0 Å². The summed E-state index contributed by atoms with van der Waals surface area (Å²) in [6.07, 6.45) is 1.02. The molecule has 4 atom stereocenters. The van der Waals surface area contributed by atoms with E-state index in [0.717, 1.165) is 11.1 Å². The molecule has 0 unspecified atom stereocenters. The molecule has 1 spiro atoms. The Balaban J connectivity index is 1.14. The van der Waals surface area contributed by atoms with Crippen molar-refractivity contribution in [3.05, 3.63) is 83.1 Å². The maximum atomic E-state index is 13.9. The highest BCUT2D eigenvalue weighted by Gasteiger charge is 2.64. The molecule has 0 bridgehead atoms. The first-order valence-corrected chi connectivity index (χ1v) is 14.6. The van der Waals surface area contributed by atoms with E-state index < -0.39 is 34.9 Å². The van der Waals surface area contributed by atoms with Gasteiger partial charge in [-0.25, -0.2) is 9.97 Å². The van der Waals surface area contributed by atoms with E-state index in [2.05, 4.69) is 20.3 Å². The van der Waals surface area contributed by atoms with Crippen molar-refractivity contribution in [2.75, 3.05) is 11.9 Å². The van der Waals surface area contributed by atoms with Crippen LogP contribution in [0.25, 0.3) is 0 Å². The number of piperidine rings is 1. The third kappa shape index (κ3) is 4.42. The molecule has 8 nitrogen and oxygen atoms in total. The van der Waals surface area contributed by atoms with E-state index >= 15 is 0 Å². The molecule has 2 amide bonds. The fourth-order valence-corrected chi connectivity index (χ4v) is 7.27. The van der Waals surface area contributed by atoms with Crippen LogP contribution in [0, 0.1) is 11.3 Å².